The van der Waals surface area contributed by atoms with E-state index >= 15 is 0 Å². The van der Waals surface area contributed by atoms with E-state index in [1.54, 1.807) is 26.0 Å². The Morgan fingerprint density at radius 3 is 2.23 bits per heavy atom. The SMILES string of the molecule is COC(=O)CCCCCCCCCCCCCCCOP(=O)(O)OC[C@H]1O[C@@](C#N)(c2ccc3c(N)ncnn23)[C@@H]2OC(C)(C)O[C@@H]21. The topological polar surface area (TPSA) is 190 Å². The minimum Gasteiger partial charge on any atom is -0.469 e. The van der Waals surface area contributed by atoms with E-state index in [-0.39, 0.29) is 25.0 Å². The molecule has 47 heavy (non-hydrogen) atoms. The molecule has 2 saturated heterocycles. The van der Waals surface area contributed by atoms with Crippen LogP contribution in [0.5, 0.6) is 0 Å². The van der Waals surface area contributed by atoms with Crippen LogP contribution in [-0.2, 0) is 43.0 Å². The molecule has 0 amide bonds. The van der Waals surface area contributed by atoms with Gasteiger partial charge in [-0.2, -0.15) is 10.4 Å². The average Bonchev–Trinajstić information content (AvgIpc) is 3.70. The molecular weight excluding hydrogens is 629 g/mol. The second kappa shape index (κ2) is 17.2. The molecule has 4 heterocycles. The Morgan fingerprint density at radius 1 is 1.00 bits per heavy atom. The summed E-state index contributed by atoms with van der Waals surface area (Å²) in [4.78, 5) is 25.5. The second-order valence-electron chi connectivity index (χ2n) is 12.7. The molecule has 4 rings (SSSR count). The van der Waals surface area contributed by atoms with Crippen LogP contribution in [0, 0.1) is 11.3 Å². The van der Waals surface area contributed by atoms with Crippen molar-refractivity contribution in [1.82, 2.24) is 14.6 Å². The van der Waals surface area contributed by atoms with Gasteiger partial charge in [0.15, 0.2) is 11.6 Å². The van der Waals surface area contributed by atoms with Crippen molar-refractivity contribution in [1.29, 1.82) is 5.26 Å². The van der Waals surface area contributed by atoms with Crippen molar-refractivity contribution in [3.05, 3.63) is 24.2 Å². The summed E-state index contributed by atoms with van der Waals surface area (Å²) in [5.41, 5.74) is 5.20. The van der Waals surface area contributed by atoms with Gasteiger partial charge in [0.1, 0.15) is 36.2 Å². The van der Waals surface area contributed by atoms with Gasteiger partial charge in [-0.3, -0.25) is 13.8 Å². The van der Waals surface area contributed by atoms with E-state index in [1.165, 1.54) is 62.9 Å². The zero-order chi connectivity index (χ0) is 33.9. The van der Waals surface area contributed by atoms with E-state index in [2.05, 4.69) is 20.9 Å². The van der Waals surface area contributed by atoms with Crippen molar-refractivity contribution < 1.29 is 42.2 Å². The summed E-state index contributed by atoms with van der Waals surface area (Å²) in [5.74, 6) is -0.922. The summed E-state index contributed by atoms with van der Waals surface area (Å²) >= 11 is 0. The Morgan fingerprint density at radius 2 is 1.62 bits per heavy atom. The Hall–Kier alpha value is -2.63. The summed E-state index contributed by atoms with van der Waals surface area (Å²) < 4.78 is 47.8. The molecule has 262 valence electrons. The number of phosphoric acid groups is 1. The van der Waals surface area contributed by atoms with Crippen LogP contribution < -0.4 is 5.73 Å². The molecule has 0 bridgehead atoms. The van der Waals surface area contributed by atoms with Crippen LogP contribution in [0.3, 0.4) is 0 Å². The molecule has 15 heteroatoms. The van der Waals surface area contributed by atoms with E-state index < -0.39 is 37.5 Å². The highest BCUT2D eigenvalue weighted by Crippen LogP contribution is 2.51. The first-order chi connectivity index (χ1) is 22.5. The summed E-state index contributed by atoms with van der Waals surface area (Å²) in [6.07, 6.45) is 13.4. The number of hydrogen-bond acceptors (Lipinski definition) is 12. The summed E-state index contributed by atoms with van der Waals surface area (Å²) in [6, 6.07) is 5.59. The van der Waals surface area contributed by atoms with Gasteiger partial charge >= 0.3 is 13.8 Å². The molecule has 0 spiro atoms. The number of phosphoric ester groups is 1. The predicted octanol–water partition coefficient (Wildman–Crippen LogP) is 5.72. The van der Waals surface area contributed by atoms with Crippen molar-refractivity contribution in [2.75, 3.05) is 26.1 Å². The van der Waals surface area contributed by atoms with Crippen molar-refractivity contribution in [2.24, 2.45) is 0 Å². The van der Waals surface area contributed by atoms with Crippen LogP contribution in [0.25, 0.3) is 5.52 Å². The van der Waals surface area contributed by atoms with Crippen LogP contribution >= 0.6 is 7.82 Å². The maximum absolute atomic E-state index is 12.7. The smallest absolute Gasteiger partial charge is 0.469 e. The maximum atomic E-state index is 12.7. The van der Waals surface area contributed by atoms with Gasteiger partial charge in [-0.05, 0) is 38.8 Å². The minimum atomic E-state index is -4.38. The zero-order valence-electron chi connectivity index (χ0n) is 27.8. The molecule has 2 aromatic rings. The number of nitrogens with two attached hydrogens (primary N) is 1. The number of nitriles is 1. The van der Waals surface area contributed by atoms with E-state index in [0.29, 0.717) is 24.1 Å². The van der Waals surface area contributed by atoms with Gasteiger partial charge in [0, 0.05) is 6.42 Å². The number of nitrogen functional groups attached to an aromatic ring is 1. The first-order valence-electron chi connectivity index (χ1n) is 16.7. The number of hydrogen-bond donors (Lipinski definition) is 2. The number of carbonyl (C=O) groups excluding carboxylic acids is 1. The number of rotatable bonds is 21. The second-order valence-corrected chi connectivity index (χ2v) is 14.2. The Bertz CT molecular complexity index is 1400. The first kappa shape index (κ1) is 37.2. The summed E-state index contributed by atoms with van der Waals surface area (Å²) in [5, 5.41) is 14.7. The molecule has 2 aliphatic heterocycles. The van der Waals surface area contributed by atoms with Crippen molar-refractivity contribution >= 4 is 25.1 Å². The Kier molecular flexibility index (Phi) is 13.6. The Balaban J connectivity index is 1.13. The largest absolute Gasteiger partial charge is 0.472 e. The van der Waals surface area contributed by atoms with Gasteiger partial charge in [0.25, 0.3) is 0 Å². The minimum absolute atomic E-state index is 0.0943. The molecule has 0 aliphatic carbocycles. The molecule has 0 aromatic carbocycles. The van der Waals surface area contributed by atoms with Crippen LogP contribution in [-0.4, -0.2) is 69.9 Å². The van der Waals surface area contributed by atoms with Crippen LogP contribution in [0.1, 0.15) is 109 Å². The van der Waals surface area contributed by atoms with Crippen LogP contribution in [0.2, 0.25) is 0 Å². The zero-order valence-corrected chi connectivity index (χ0v) is 28.7. The lowest BCUT2D eigenvalue weighted by molar-refractivity contribution is -0.204. The molecule has 1 unspecified atom stereocenters. The van der Waals surface area contributed by atoms with Gasteiger partial charge in [0.05, 0.1) is 26.0 Å². The Labute approximate surface area is 276 Å². The number of ether oxygens (including phenoxy) is 4. The van der Waals surface area contributed by atoms with Crippen molar-refractivity contribution in [2.45, 2.75) is 133 Å². The fraction of sp³-hybridized carbons (Fsp3) is 0.750. The fourth-order valence-electron chi connectivity index (χ4n) is 6.27. The molecule has 2 fully saturated rings. The number of unbranched alkanes of at least 4 members (excludes halogenated alkanes) is 12. The van der Waals surface area contributed by atoms with Crippen LogP contribution in [0.15, 0.2) is 18.5 Å². The van der Waals surface area contributed by atoms with E-state index in [4.69, 9.17) is 29.0 Å². The molecule has 2 aliphatic rings. The number of anilines is 1. The third-order valence-corrected chi connectivity index (χ3v) is 9.66. The normalized spacial score (nSPS) is 24.6. The quantitative estimate of drug-likeness (QED) is 0.0927. The third kappa shape index (κ3) is 9.95. The summed E-state index contributed by atoms with van der Waals surface area (Å²) in [7, 11) is -2.95. The molecule has 14 nitrogen and oxygen atoms in total. The van der Waals surface area contributed by atoms with Gasteiger partial charge in [-0.1, -0.05) is 70.6 Å². The number of carbonyl (C=O) groups is 1. The molecule has 2 aromatic heterocycles. The van der Waals surface area contributed by atoms with Gasteiger partial charge in [-0.25, -0.2) is 14.1 Å². The average molecular weight is 680 g/mol. The lowest BCUT2D eigenvalue weighted by Crippen LogP contribution is -2.40. The number of methoxy groups -OCH3 is 1. The molecular formula is C32H50N5O9P. The third-order valence-electron chi connectivity index (χ3n) is 8.67. The van der Waals surface area contributed by atoms with Gasteiger partial charge in [0.2, 0.25) is 5.60 Å². The monoisotopic (exact) mass is 679 g/mol. The van der Waals surface area contributed by atoms with Gasteiger partial charge in [-0.15, -0.1) is 0 Å². The van der Waals surface area contributed by atoms with Gasteiger partial charge < -0.3 is 29.6 Å². The first-order valence-corrected chi connectivity index (χ1v) is 18.2. The van der Waals surface area contributed by atoms with Crippen LogP contribution in [0.4, 0.5) is 5.82 Å². The molecule has 0 saturated carbocycles. The summed E-state index contributed by atoms with van der Waals surface area (Å²) in [6.45, 7) is 3.19. The number of nitrogens with zero attached hydrogens (tertiary/aromatic N) is 4. The molecule has 0 radical (unpaired) electrons. The fourth-order valence-corrected chi connectivity index (χ4v) is 7.04. The van der Waals surface area contributed by atoms with E-state index in [0.717, 1.165) is 32.1 Å². The maximum Gasteiger partial charge on any atom is 0.472 e. The number of fused-ring (bicyclic) bond motifs is 2. The highest BCUT2D eigenvalue weighted by atomic mass is 31.2. The highest BCUT2D eigenvalue weighted by molar-refractivity contribution is 7.47. The standard InChI is InChI=1S/C32H50N5O9P/c1-31(2)45-28-25(44-32(22-33,29(28)46-31)26-19-18-24-30(34)35-23-36-37(24)26)21-43-47(39,40)42-20-16-14-12-10-8-6-4-5-7-9-11-13-15-17-27(38)41-3/h18-19,23,25,28-29H,4-17,20-21H2,1-3H3,(H,39,40)(H2,34,35,36)/t25-,28-,29-,32+/m1/s1. The van der Waals surface area contributed by atoms with E-state index in [1.807, 2.05) is 0 Å². The lowest BCUT2D eigenvalue weighted by Gasteiger charge is -2.29. The van der Waals surface area contributed by atoms with E-state index in [9.17, 15) is 19.5 Å². The lowest BCUT2D eigenvalue weighted by atomic mass is 9.92. The number of aromatic nitrogens is 3. The van der Waals surface area contributed by atoms with Crippen molar-refractivity contribution in [3.8, 4) is 6.07 Å². The molecule has 3 N–H and O–H groups in total. The molecule has 5 atom stereocenters. The highest BCUT2D eigenvalue weighted by Gasteiger charge is 2.65. The predicted molar refractivity (Wildman–Crippen MR) is 172 cm³/mol. The number of esters is 1. The van der Waals surface area contributed by atoms with Crippen molar-refractivity contribution in [3.63, 3.8) is 0 Å².